The summed E-state index contributed by atoms with van der Waals surface area (Å²) in [6.45, 7) is 1.09. The molecule has 0 spiro atoms. The van der Waals surface area contributed by atoms with Gasteiger partial charge in [0.1, 0.15) is 0 Å². The summed E-state index contributed by atoms with van der Waals surface area (Å²) in [5.74, 6) is 0.582. The van der Waals surface area contributed by atoms with Gasteiger partial charge in [-0.3, -0.25) is 4.90 Å². The summed E-state index contributed by atoms with van der Waals surface area (Å²) in [6, 6.07) is 0. The van der Waals surface area contributed by atoms with E-state index in [-0.39, 0.29) is 0 Å². The van der Waals surface area contributed by atoms with Gasteiger partial charge >= 0.3 is 6.18 Å². The maximum absolute atomic E-state index is 12.1. The molecular weight excluding hydrogens is 205 g/mol. The summed E-state index contributed by atoms with van der Waals surface area (Å²) >= 11 is 0. The standard InChI is InChI=1S/C10H19F3N2/c11-10(12,13)8-15-6-3-9(4-7-15)2-1-5-14/h9H,1-8,14H2. The van der Waals surface area contributed by atoms with Crippen molar-refractivity contribution in [1.29, 1.82) is 0 Å². The third-order valence-corrected chi connectivity index (χ3v) is 2.93. The zero-order valence-corrected chi connectivity index (χ0v) is 8.89. The topological polar surface area (TPSA) is 29.3 Å². The minimum Gasteiger partial charge on any atom is -0.330 e. The number of nitrogens with two attached hydrogens (primary N) is 1. The van der Waals surface area contributed by atoms with Crippen molar-refractivity contribution in [2.75, 3.05) is 26.2 Å². The lowest BCUT2D eigenvalue weighted by atomic mass is 9.92. The molecule has 0 aromatic heterocycles. The van der Waals surface area contributed by atoms with Crippen LogP contribution in [-0.4, -0.2) is 37.3 Å². The number of likely N-dealkylation sites (tertiary alicyclic amines) is 1. The van der Waals surface area contributed by atoms with Crippen molar-refractivity contribution >= 4 is 0 Å². The van der Waals surface area contributed by atoms with Crippen molar-refractivity contribution in [1.82, 2.24) is 4.90 Å². The number of hydrogen-bond acceptors (Lipinski definition) is 2. The average Bonchev–Trinajstić information content (AvgIpc) is 2.14. The summed E-state index contributed by atoms with van der Waals surface area (Å²) in [6.07, 6.45) is -0.226. The zero-order chi connectivity index (χ0) is 11.3. The molecule has 1 rings (SSSR count). The first kappa shape index (κ1) is 12.8. The van der Waals surface area contributed by atoms with Crippen LogP contribution in [0.15, 0.2) is 0 Å². The van der Waals surface area contributed by atoms with Gasteiger partial charge in [0.2, 0.25) is 0 Å². The number of hydrogen-bond donors (Lipinski definition) is 1. The van der Waals surface area contributed by atoms with Gasteiger partial charge in [-0.05, 0) is 51.2 Å². The van der Waals surface area contributed by atoms with E-state index in [1.807, 2.05) is 0 Å². The predicted octanol–water partition coefficient (Wildman–Crippen LogP) is 2.00. The summed E-state index contributed by atoms with van der Waals surface area (Å²) in [5.41, 5.74) is 5.40. The lowest BCUT2D eigenvalue weighted by Gasteiger charge is -2.32. The Hall–Kier alpha value is -0.290. The predicted molar refractivity (Wildman–Crippen MR) is 53.5 cm³/mol. The number of alkyl halides is 3. The van der Waals surface area contributed by atoms with E-state index in [1.54, 1.807) is 0 Å². The third-order valence-electron chi connectivity index (χ3n) is 2.93. The molecule has 15 heavy (non-hydrogen) atoms. The molecule has 2 nitrogen and oxygen atoms in total. The molecule has 0 bridgehead atoms. The van der Waals surface area contributed by atoms with Gasteiger partial charge in [0.15, 0.2) is 0 Å². The van der Waals surface area contributed by atoms with E-state index in [9.17, 15) is 13.2 Å². The van der Waals surface area contributed by atoms with Crippen LogP contribution in [0.2, 0.25) is 0 Å². The largest absolute Gasteiger partial charge is 0.401 e. The van der Waals surface area contributed by atoms with Crippen molar-refractivity contribution in [2.45, 2.75) is 31.9 Å². The molecule has 1 aliphatic heterocycles. The fourth-order valence-electron chi connectivity index (χ4n) is 2.09. The second kappa shape index (κ2) is 5.70. The quantitative estimate of drug-likeness (QED) is 0.791. The smallest absolute Gasteiger partial charge is 0.330 e. The maximum atomic E-state index is 12.1. The van der Waals surface area contributed by atoms with E-state index in [2.05, 4.69) is 0 Å². The van der Waals surface area contributed by atoms with E-state index < -0.39 is 12.7 Å². The molecule has 0 atom stereocenters. The highest BCUT2D eigenvalue weighted by molar-refractivity contribution is 4.74. The fraction of sp³-hybridized carbons (Fsp3) is 1.00. The summed E-state index contributed by atoms with van der Waals surface area (Å²) in [4.78, 5) is 1.50. The molecule has 1 fully saturated rings. The molecule has 90 valence electrons. The molecule has 5 heteroatoms. The Kier molecular flexibility index (Phi) is 4.86. The van der Waals surface area contributed by atoms with Crippen molar-refractivity contribution in [3.63, 3.8) is 0 Å². The lowest BCUT2D eigenvalue weighted by Crippen LogP contribution is -2.40. The Bertz CT molecular complexity index is 174. The minimum absolute atomic E-state index is 0.578. The molecule has 0 amide bonds. The number of halogens is 3. The number of rotatable bonds is 4. The normalized spacial score (nSPS) is 20.8. The first-order valence-electron chi connectivity index (χ1n) is 5.50. The first-order chi connectivity index (χ1) is 7.01. The van der Waals surface area contributed by atoms with Gasteiger partial charge in [0.05, 0.1) is 6.54 Å². The molecule has 1 saturated heterocycles. The molecule has 2 N–H and O–H groups in total. The molecule has 0 saturated carbocycles. The van der Waals surface area contributed by atoms with Crippen LogP contribution >= 0.6 is 0 Å². The molecule has 0 aromatic carbocycles. The van der Waals surface area contributed by atoms with Crippen LogP contribution in [0.1, 0.15) is 25.7 Å². The fourth-order valence-corrected chi connectivity index (χ4v) is 2.09. The first-order valence-corrected chi connectivity index (χ1v) is 5.50. The highest BCUT2D eigenvalue weighted by atomic mass is 19.4. The van der Waals surface area contributed by atoms with Gasteiger partial charge in [-0.15, -0.1) is 0 Å². The second-order valence-corrected chi connectivity index (χ2v) is 4.27. The molecule has 0 aromatic rings. The van der Waals surface area contributed by atoms with Gasteiger partial charge < -0.3 is 5.73 Å². The van der Waals surface area contributed by atoms with Crippen LogP contribution in [0, 0.1) is 5.92 Å². The minimum atomic E-state index is -4.05. The Labute approximate surface area is 88.6 Å². The van der Waals surface area contributed by atoms with Gasteiger partial charge in [-0.25, -0.2) is 0 Å². The second-order valence-electron chi connectivity index (χ2n) is 4.27. The van der Waals surface area contributed by atoms with Gasteiger partial charge in [0, 0.05) is 0 Å². The highest BCUT2D eigenvalue weighted by Gasteiger charge is 2.32. The Morgan fingerprint density at radius 1 is 1.20 bits per heavy atom. The van der Waals surface area contributed by atoms with Gasteiger partial charge in [0.25, 0.3) is 0 Å². The number of nitrogens with zero attached hydrogens (tertiary/aromatic N) is 1. The van der Waals surface area contributed by atoms with E-state index in [4.69, 9.17) is 5.73 Å². The van der Waals surface area contributed by atoms with Gasteiger partial charge in [-0.2, -0.15) is 13.2 Å². The van der Waals surface area contributed by atoms with Crippen molar-refractivity contribution in [2.24, 2.45) is 11.7 Å². The molecule has 0 radical (unpaired) electrons. The van der Waals surface area contributed by atoms with E-state index in [0.29, 0.717) is 25.6 Å². The Balaban J connectivity index is 2.18. The molecule has 0 aliphatic carbocycles. The Morgan fingerprint density at radius 3 is 2.27 bits per heavy atom. The maximum Gasteiger partial charge on any atom is 0.401 e. The van der Waals surface area contributed by atoms with Crippen molar-refractivity contribution in [3.8, 4) is 0 Å². The lowest BCUT2D eigenvalue weighted by molar-refractivity contribution is -0.148. The van der Waals surface area contributed by atoms with Crippen LogP contribution in [0.5, 0.6) is 0 Å². The van der Waals surface area contributed by atoms with Crippen LogP contribution in [-0.2, 0) is 0 Å². The molecular formula is C10H19F3N2. The van der Waals surface area contributed by atoms with Crippen molar-refractivity contribution in [3.05, 3.63) is 0 Å². The van der Waals surface area contributed by atoms with E-state index in [0.717, 1.165) is 25.7 Å². The average molecular weight is 224 g/mol. The Morgan fingerprint density at radius 2 is 1.80 bits per heavy atom. The molecule has 0 unspecified atom stereocenters. The van der Waals surface area contributed by atoms with Crippen LogP contribution in [0.3, 0.4) is 0 Å². The zero-order valence-electron chi connectivity index (χ0n) is 8.89. The third kappa shape index (κ3) is 5.37. The SMILES string of the molecule is NCCCC1CCN(CC(F)(F)F)CC1. The van der Waals surface area contributed by atoms with E-state index >= 15 is 0 Å². The van der Waals surface area contributed by atoms with Crippen LogP contribution in [0.25, 0.3) is 0 Å². The number of piperidine rings is 1. The molecule has 1 heterocycles. The van der Waals surface area contributed by atoms with Gasteiger partial charge in [-0.1, -0.05) is 0 Å². The van der Waals surface area contributed by atoms with Crippen molar-refractivity contribution < 1.29 is 13.2 Å². The monoisotopic (exact) mass is 224 g/mol. The molecule has 1 aliphatic rings. The van der Waals surface area contributed by atoms with Crippen LogP contribution < -0.4 is 5.73 Å². The van der Waals surface area contributed by atoms with E-state index in [1.165, 1.54) is 4.90 Å². The summed E-state index contributed by atoms with van der Waals surface area (Å²) < 4.78 is 36.2. The van der Waals surface area contributed by atoms with Crippen LogP contribution in [0.4, 0.5) is 13.2 Å². The summed E-state index contributed by atoms with van der Waals surface area (Å²) in [5, 5.41) is 0. The highest BCUT2D eigenvalue weighted by Crippen LogP contribution is 2.24. The summed E-state index contributed by atoms with van der Waals surface area (Å²) in [7, 11) is 0.